The van der Waals surface area contributed by atoms with E-state index in [0.717, 1.165) is 15.1 Å². The van der Waals surface area contributed by atoms with Gasteiger partial charge in [-0.15, -0.1) is 11.3 Å². The fourth-order valence-corrected chi connectivity index (χ4v) is 3.39. The fraction of sp³-hybridized carbons (Fsp3) is 0.200. The number of nitrogens with one attached hydrogen (secondary N) is 1. The first-order valence-electron chi connectivity index (χ1n) is 2.86. The summed E-state index contributed by atoms with van der Waals surface area (Å²) in [5, 5.41) is 0. The number of hydrogen-bond donors (Lipinski definition) is 1. The highest BCUT2D eigenvalue weighted by atomic mass is 79.9. The van der Waals surface area contributed by atoms with Crippen molar-refractivity contribution in [3.8, 4) is 0 Å². The van der Waals surface area contributed by atoms with E-state index in [1.54, 1.807) is 6.07 Å². The van der Waals surface area contributed by atoms with Crippen molar-refractivity contribution in [3.63, 3.8) is 0 Å². The third-order valence-electron chi connectivity index (χ3n) is 1.01. The zero-order chi connectivity index (χ0) is 9.19. The molecule has 0 aromatic carbocycles. The Balaban J connectivity index is 2.98. The molecular weight excluding hydrogens is 266 g/mol. The second-order valence-corrected chi connectivity index (χ2v) is 6.18. The van der Waals surface area contributed by atoms with Crippen LogP contribution in [-0.4, -0.2) is 15.5 Å². The Labute approximate surface area is 82.7 Å². The van der Waals surface area contributed by atoms with Crippen molar-refractivity contribution in [2.24, 2.45) is 0 Å². The molecular formula is C5H6BrNO3S2. The van der Waals surface area contributed by atoms with Crippen LogP contribution in [-0.2, 0) is 14.9 Å². The van der Waals surface area contributed by atoms with Crippen molar-refractivity contribution in [2.45, 2.75) is 4.21 Å². The van der Waals surface area contributed by atoms with E-state index in [-0.39, 0.29) is 4.21 Å². The zero-order valence-corrected chi connectivity index (χ0v) is 9.29. The smallest absolute Gasteiger partial charge is 0.271 e. The van der Waals surface area contributed by atoms with Gasteiger partial charge < -0.3 is 0 Å². The van der Waals surface area contributed by atoms with Crippen LogP contribution in [0.5, 0.6) is 0 Å². The van der Waals surface area contributed by atoms with Crippen LogP contribution in [0.4, 0.5) is 0 Å². The van der Waals surface area contributed by atoms with Crippen LogP contribution in [0.3, 0.4) is 0 Å². The highest BCUT2D eigenvalue weighted by Crippen LogP contribution is 2.25. The van der Waals surface area contributed by atoms with Crippen molar-refractivity contribution in [3.05, 3.63) is 15.9 Å². The third-order valence-corrected chi connectivity index (χ3v) is 4.38. The summed E-state index contributed by atoms with van der Waals surface area (Å²) in [7, 11) is -2.22. The lowest BCUT2D eigenvalue weighted by molar-refractivity contribution is 0.153. The van der Waals surface area contributed by atoms with Crippen LogP contribution in [0.2, 0.25) is 0 Å². The monoisotopic (exact) mass is 271 g/mol. The maximum absolute atomic E-state index is 11.2. The lowest BCUT2D eigenvalue weighted by Crippen LogP contribution is -2.21. The number of halogens is 1. The van der Waals surface area contributed by atoms with E-state index in [9.17, 15) is 8.42 Å². The number of thiophene rings is 1. The summed E-state index contributed by atoms with van der Waals surface area (Å²) in [6.07, 6.45) is 0. The van der Waals surface area contributed by atoms with Crippen molar-refractivity contribution in [2.75, 3.05) is 7.11 Å². The molecule has 0 aliphatic rings. The summed E-state index contributed by atoms with van der Waals surface area (Å²) in [5.74, 6) is 0. The van der Waals surface area contributed by atoms with Gasteiger partial charge in [0.05, 0.1) is 10.9 Å². The van der Waals surface area contributed by atoms with Crippen molar-refractivity contribution in [1.82, 2.24) is 4.89 Å². The molecule has 1 heterocycles. The quantitative estimate of drug-likeness (QED) is 0.845. The van der Waals surface area contributed by atoms with Gasteiger partial charge in [-0.2, -0.15) is 0 Å². The first kappa shape index (κ1) is 10.1. The highest BCUT2D eigenvalue weighted by Gasteiger charge is 2.15. The van der Waals surface area contributed by atoms with E-state index in [1.165, 1.54) is 13.2 Å². The van der Waals surface area contributed by atoms with Gasteiger partial charge in [0.2, 0.25) is 0 Å². The largest absolute Gasteiger partial charge is 0.290 e. The highest BCUT2D eigenvalue weighted by molar-refractivity contribution is 9.11. The summed E-state index contributed by atoms with van der Waals surface area (Å²) in [5.41, 5.74) is 0. The summed E-state index contributed by atoms with van der Waals surface area (Å²) in [6.45, 7) is 0. The summed E-state index contributed by atoms with van der Waals surface area (Å²) >= 11 is 4.28. The molecule has 0 saturated heterocycles. The van der Waals surface area contributed by atoms with Crippen LogP contribution >= 0.6 is 27.3 Å². The molecule has 68 valence electrons. The molecule has 0 bridgehead atoms. The lowest BCUT2D eigenvalue weighted by Gasteiger charge is -1.99. The van der Waals surface area contributed by atoms with Crippen LogP contribution < -0.4 is 4.89 Å². The predicted molar refractivity (Wildman–Crippen MR) is 49.3 cm³/mol. The maximum atomic E-state index is 11.2. The van der Waals surface area contributed by atoms with Crippen LogP contribution in [0.25, 0.3) is 0 Å². The first-order valence-corrected chi connectivity index (χ1v) is 5.95. The molecule has 1 aromatic heterocycles. The molecule has 1 rings (SSSR count). The second kappa shape index (κ2) is 3.84. The Morgan fingerprint density at radius 3 is 2.67 bits per heavy atom. The Kier molecular flexibility index (Phi) is 3.24. The fourth-order valence-electron chi connectivity index (χ4n) is 0.593. The maximum Gasteiger partial charge on any atom is 0.271 e. The number of hydrogen-bond acceptors (Lipinski definition) is 4. The molecule has 0 aliphatic heterocycles. The van der Waals surface area contributed by atoms with Gasteiger partial charge in [-0.3, -0.25) is 4.84 Å². The lowest BCUT2D eigenvalue weighted by atomic mass is 10.7. The number of sulfonamides is 1. The van der Waals surface area contributed by atoms with Gasteiger partial charge in [0.15, 0.2) is 0 Å². The van der Waals surface area contributed by atoms with Gasteiger partial charge in [-0.1, -0.05) is 4.89 Å². The van der Waals surface area contributed by atoms with Crippen LogP contribution in [0, 0.1) is 0 Å². The minimum absolute atomic E-state index is 0.219. The minimum Gasteiger partial charge on any atom is -0.290 e. The predicted octanol–water partition coefficient (Wildman–Crippen LogP) is 1.35. The van der Waals surface area contributed by atoms with Gasteiger partial charge in [-0.25, -0.2) is 8.42 Å². The van der Waals surface area contributed by atoms with Gasteiger partial charge in [0.1, 0.15) is 4.21 Å². The van der Waals surface area contributed by atoms with E-state index >= 15 is 0 Å². The number of rotatable bonds is 3. The molecule has 0 saturated carbocycles. The third kappa shape index (κ3) is 2.27. The Bertz CT molecular complexity index is 359. The van der Waals surface area contributed by atoms with Gasteiger partial charge in [0, 0.05) is 0 Å². The second-order valence-electron chi connectivity index (χ2n) is 1.85. The van der Waals surface area contributed by atoms with Crippen LogP contribution in [0.1, 0.15) is 0 Å². The Morgan fingerprint density at radius 2 is 2.25 bits per heavy atom. The van der Waals surface area contributed by atoms with Gasteiger partial charge >= 0.3 is 0 Å². The van der Waals surface area contributed by atoms with E-state index in [0.29, 0.717) is 0 Å². The van der Waals surface area contributed by atoms with Crippen LogP contribution in [0.15, 0.2) is 20.1 Å². The molecule has 1 N–H and O–H groups in total. The molecule has 0 atom stereocenters. The van der Waals surface area contributed by atoms with Crippen molar-refractivity contribution >= 4 is 37.3 Å². The molecule has 0 unspecified atom stereocenters. The van der Waals surface area contributed by atoms with Crippen molar-refractivity contribution in [1.29, 1.82) is 0 Å². The standard InChI is InChI=1S/C5H6BrNO3S2/c1-10-7-12(8,9)5-3-2-4(6)11-5/h2-3,7H,1H3. The van der Waals surface area contributed by atoms with E-state index in [1.807, 2.05) is 4.89 Å². The average Bonchev–Trinajstić information content (AvgIpc) is 2.36. The molecule has 4 nitrogen and oxygen atoms in total. The molecule has 0 radical (unpaired) electrons. The van der Waals surface area contributed by atoms with E-state index < -0.39 is 10.0 Å². The van der Waals surface area contributed by atoms with Crippen molar-refractivity contribution < 1.29 is 13.3 Å². The molecule has 0 aliphatic carbocycles. The summed E-state index contributed by atoms with van der Waals surface area (Å²) in [4.78, 5) is 6.24. The topological polar surface area (TPSA) is 55.4 Å². The summed E-state index contributed by atoms with van der Waals surface area (Å²) in [6, 6.07) is 3.16. The van der Waals surface area contributed by atoms with Gasteiger partial charge in [0.25, 0.3) is 10.0 Å². The normalized spacial score (nSPS) is 11.8. The van der Waals surface area contributed by atoms with E-state index in [2.05, 4.69) is 20.8 Å². The molecule has 0 fully saturated rings. The Hall–Kier alpha value is 0.0500. The zero-order valence-electron chi connectivity index (χ0n) is 6.07. The SMILES string of the molecule is CONS(=O)(=O)c1ccc(Br)s1. The molecule has 0 spiro atoms. The molecule has 7 heteroatoms. The minimum atomic E-state index is -3.47. The average molecular weight is 272 g/mol. The van der Waals surface area contributed by atoms with Gasteiger partial charge in [-0.05, 0) is 28.1 Å². The molecule has 1 aromatic rings. The molecule has 12 heavy (non-hydrogen) atoms. The Morgan fingerprint density at radius 1 is 1.58 bits per heavy atom. The van der Waals surface area contributed by atoms with E-state index in [4.69, 9.17) is 0 Å². The summed E-state index contributed by atoms with van der Waals surface area (Å²) < 4.78 is 23.4. The first-order chi connectivity index (χ1) is 5.56. The molecule has 0 amide bonds.